The summed E-state index contributed by atoms with van der Waals surface area (Å²) in [6.45, 7) is 7.35. The third kappa shape index (κ3) is 3.00. The van der Waals surface area contributed by atoms with E-state index in [1.54, 1.807) is 4.90 Å². The highest BCUT2D eigenvalue weighted by Gasteiger charge is 2.34. The van der Waals surface area contributed by atoms with Gasteiger partial charge in [-0.2, -0.15) is 0 Å². The number of rotatable bonds is 3. The minimum atomic E-state index is -0.794. The molecule has 1 aliphatic rings. The SMILES string of the molecule is CC(C)(C)c1ccccc1C(=O)N1CC(CC(=O)O)C1. The molecule has 1 fully saturated rings. The highest BCUT2D eigenvalue weighted by molar-refractivity contribution is 5.96. The van der Waals surface area contributed by atoms with Gasteiger partial charge in [0.1, 0.15) is 0 Å². The van der Waals surface area contributed by atoms with Gasteiger partial charge in [-0.3, -0.25) is 9.59 Å². The van der Waals surface area contributed by atoms with Crippen molar-refractivity contribution >= 4 is 11.9 Å². The summed E-state index contributed by atoms with van der Waals surface area (Å²) in [5, 5.41) is 8.74. The molecule has 1 N–H and O–H groups in total. The Morgan fingerprint density at radius 2 is 1.85 bits per heavy atom. The van der Waals surface area contributed by atoms with Crippen LogP contribution in [0.1, 0.15) is 43.1 Å². The number of aliphatic carboxylic acids is 1. The third-order valence-electron chi connectivity index (χ3n) is 3.67. The average Bonchev–Trinajstić information content (AvgIpc) is 2.31. The van der Waals surface area contributed by atoms with Gasteiger partial charge >= 0.3 is 5.97 Å². The molecule has 2 rings (SSSR count). The number of carboxylic acids is 1. The number of hydrogen-bond donors (Lipinski definition) is 1. The number of carbonyl (C=O) groups is 2. The largest absolute Gasteiger partial charge is 0.481 e. The van der Waals surface area contributed by atoms with Crippen LogP contribution < -0.4 is 0 Å². The van der Waals surface area contributed by atoms with Gasteiger partial charge < -0.3 is 10.0 Å². The zero-order valence-corrected chi connectivity index (χ0v) is 12.2. The number of carboxylic acid groups (broad SMARTS) is 1. The molecule has 20 heavy (non-hydrogen) atoms. The summed E-state index contributed by atoms with van der Waals surface area (Å²) in [4.78, 5) is 24.9. The molecule has 4 nitrogen and oxygen atoms in total. The molecule has 108 valence electrons. The topological polar surface area (TPSA) is 57.6 Å². The van der Waals surface area contributed by atoms with Gasteiger partial charge in [-0.15, -0.1) is 0 Å². The highest BCUT2D eigenvalue weighted by atomic mass is 16.4. The lowest BCUT2D eigenvalue weighted by molar-refractivity contribution is -0.139. The second kappa shape index (κ2) is 5.27. The van der Waals surface area contributed by atoms with Crippen LogP contribution in [0.2, 0.25) is 0 Å². The van der Waals surface area contributed by atoms with Crippen molar-refractivity contribution in [2.24, 2.45) is 5.92 Å². The van der Waals surface area contributed by atoms with Crippen molar-refractivity contribution in [3.63, 3.8) is 0 Å². The Labute approximate surface area is 119 Å². The van der Waals surface area contributed by atoms with Crippen LogP contribution in [-0.4, -0.2) is 35.0 Å². The van der Waals surface area contributed by atoms with Crippen LogP contribution in [0.5, 0.6) is 0 Å². The lowest BCUT2D eigenvalue weighted by atomic mass is 9.83. The van der Waals surface area contributed by atoms with E-state index in [9.17, 15) is 9.59 Å². The molecule has 1 heterocycles. The maximum atomic E-state index is 12.5. The van der Waals surface area contributed by atoms with Crippen molar-refractivity contribution in [2.75, 3.05) is 13.1 Å². The van der Waals surface area contributed by atoms with E-state index < -0.39 is 5.97 Å². The van der Waals surface area contributed by atoms with Crippen molar-refractivity contribution in [1.29, 1.82) is 0 Å². The predicted octanol–water partition coefficient (Wildman–Crippen LogP) is 2.53. The molecule has 0 atom stereocenters. The van der Waals surface area contributed by atoms with Crippen LogP contribution in [0.4, 0.5) is 0 Å². The summed E-state index contributed by atoms with van der Waals surface area (Å²) in [6.07, 6.45) is 0.144. The van der Waals surface area contributed by atoms with E-state index in [1.165, 1.54) is 0 Å². The minimum Gasteiger partial charge on any atom is -0.481 e. The second-order valence-electron chi connectivity index (χ2n) is 6.47. The number of likely N-dealkylation sites (tertiary alicyclic amines) is 1. The lowest BCUT2D eigenvalue weighted by Gasteiger charge is -2.39. The summed E-state index contributed by atoms with van der Waals surface area (Å²) >= 11 is 0. The first-order valence-electron chi connectivity index (χ1n) is 6.89. The van der Waals surface area contributed by atoms with Gasteiger partial charge in [0, 0.05) is 24.6 Å². The van der Waals surface area contributed by atoms with Crippen LogP contribution in [0.25, 0.3) is 0 Å². The van der Waals surface area contributed by atoms with Gasteiger partial charge in [0.2, 0.25) is 0 Å². The van der Waals surface area contributed by atoms with Crippen molar-refractivity contribution in [3.05, 3.63) is 35.4 Å². The first-order valence-corrected chi connectivity index (χ1v) is 6.89. The van der Waals surface area contributed by atoms with E-state index in [4.69, 9.17) is 5.11 Å². The number of amides is 1. The highest BCUT2D eigenvalue weighted by Crippen LogP contribution is 2.29. The van der Waals surface area contributed by atoms with E-state index in [2.05, 4.69) is 20.8 Å². The molecule has 0 radical (unpaired) electrons. The van der Waals surface area contributed by atoms with E-state index in [1.807, 2.05) is 24.3 Å². The number of benzene rings is 1. The van der Waals surface area contributed by atoms with Crippen molar-refractivity contribution < 1.29 is 14.7 Å². The fourth-order valence-corrected chi connectivity index (χ4v) is 2.61. The van der Waals surface area contributed by atoms with E-state index in [-0.39, 0.29) is 23.7 Å². The second-order valence-corrected chi connectivity index (χ2v) is 6.47. The van der Waals surface area contributed by atoms with Crippen LogP contribution >= 0.6 is 0 Å². The molecule has 0 aromatic heterocycles. The molecule has 1 aromatic carbocycles. The zero-order chi connectivity index (χ0) is 14.9. The average molecular weight is 275 g/mol. The molecule has 1 saturated heterocycles. The Bertz CT molecular complexity index is 525. The van der Waals surface area contributed by atoms with Crippen molar-refractivity contribution in [3.8, 4) is 0 Å². The molecule has 0 aliphatic carbocycles. The molecule has 0 bridgehead atoms. The maximum Gasteiger partial charge on any atom is 0.303 e. The summed E-state index contributed by atoms with van der Waals surface area (Å²) in [6, 6.07) is 7.66. The van der Waals surface area contributed by atoms with Crippen LogP contribution in [0.15, 0.2) is 24.3 Å². The number of hydrogen-bond acceptors (Lipinski definition) is 2. The first kappa shape index (κ1) is 14.6. The third-order valence-corrected chi connectivity index (χ3v) is 3.67. The van der Waals surface area contributed by atoms with E-state index in [0.29, 0.717) is 13.1 Å². The predicted molar refractivity (Wildman–Crippen MR) is 76.8 cm³/mol. The smallest absolute Gasteiger partial charge is 0.303 e. The van der Waals surface area contributed by atoms with Crippen molar-refractivity contribution in [2.45, 2.75) is 32.6 Å². The molecule has 0 unspecified atom stereocenters. The molecular weight excluding hydrogens is 254 g/mol. The molecule has 0 saturated carbocycles. The normalized spacial score (nSPS) is 15.8. The Balaban J connectivity index is 2.10. The molecule has 1 aromatic rings. The van der Waals surface area contributed by atoms with Gasteiger partial charge in [0.25, 0.3) is 5.91 Å². The van der Waals surface area contributed by atoms with Crippen LogP contribution in [0.3, 0.4) is 0 Å². The summed E-state index contributed by atoms with van der Waals surface area (Å²) < 4.78 is 0. The van der Waals surface area contributed by atoms with E-state index in [0.717, 1.165) is 11.1 Å². The number of carbonyl (C=O) groups excluding carboxylic acids is 1. The van der Waals surface area contributed by atoms with Crippen molar-refractivity contribution in [1.82, 2.24) is 4.90 Å². The quantitative estimate of drug-likeness (QED) is 0.922. The molecule has 1 amide bonds. The Morgan fingerprint density at radius 1 is 1.25 bits per heavy atom. The molecular formula is C16H21NO3. The minimum absolute atomic E-state index is 0.0113. The Hall–Kier alpha value is -1.84. The fourth-order valence-electron chi connectivity index (χ4n) is 2.61. The number of nitrogens with zero attached hydrogens (tertiary/aromatic N) is 1. The molecule has 0 spiro atoms. The standard InChI is InChI=1S/C16H21NO3/c1-16(2,3)13-7-5-4-6-12(13)15(20)17-9-11(10-17)8-14(18)19/h4-7,11H,8-10H2,1-3H3,(H,18,19). The van der Waals surface area contributed by atoms with Gasteiger partial charge in [-0.25, -0.2) is 0 Å². The first-order chi connectivity index (χ1) is 9.29. The van der Waals surface area contributed by atoms with Gasteiger partial charge in [0.15, 0.2) is 0 Å². The zero-order valence-electron chi connectivity index (χ0n) is 12.2. The van der Waals surface area contributed by atoms with Crippen LogP contribution in [0, 0.1) is 5.92 Å². The molecule has 4 heteroatoms. The van der Waals surface area contributed by atoms with Gasteiger partial charge in [-0.1, -0.05) is 39.0 Å². The molecule has 1 aliphatic heterocycles. The summed E-state index contributed by atoms with van der Waals surface area (Å²) in [5.41, 5.74) is 1.68. The maximum absolute atomic E-state index is 12.5. The summed E-state index contributed by atoms with van der Waals surface area (Å²) in [5.74, 6) is -0.687. The van der Waals surface area contributed by atoms with Gasteiger partial charge in [0.05, 0.1) is 6.42 Å². The van der Waals surface area contributed by atoms with E-state index >= 15 is 0 Å². The monoisotopic (exact) mass is 275 g/mol. The van der Waals surface area contributed by atoms with Crippen LogP contribution in [-0.2, 0) is 10.2 Å². The Morgan fingerprint density at radius 3 is 2.40 bits per heavy atom. The summed E-state index contributed by atoms with van der Waals surface area (Å²) in [7, 11) is 0. The Kier molecular flexibility index (Phi) is 3.84. The van der Waals surface area contributed by atoms with Gasteiger partial charge in [-0.05, 0) is 17.0 Å². The fraction of sp³-hybridized carbons (Fsp3) is 0.500. The lowest BCUT2D eigenvalue weighted by Crippen LogP contribution is -2.51.